The predicted octanol–water partition coefficient (Wildman–Crippen LogP) is 2.32. The van der Waals surface area contributed by atoms with Gasteiger partial charge in [-0.15, -0.1) is 0 Å². The highest BCUT2D eigenvalue weighted by molar-refractivity contribution is 5.64. The van der Waals surface area contributed by atoms with Crippen molar-refractivity contribution in [1.82, 2.24) is 0 Å². The van der Waals surface area contributed by atoms with Crippen molar-refractivity contribution in [3.8, 4) is 0 Å². The third-order valence-corrected chi connectivity index (χ3v) is 2.56. The second kappa shape index (κ2) is 6.25. The van der Waals surface area contributed by atoms with Gasteiger partial charge in [0.05, 0.1) is 4.92 Å². The van der Waals surface area contributed by atoms with Crippen LogP contribution < -0.4 is 10.6 Å². The highest BCUT2D eigenvalue weighted by atomic mass is 19.3. The molecule has 2 N–H and O–H groups in total. The second-order valence-corrected chi connectivity index (χ2v) is 3.87. The molecule has 0 spiro atoms. The normalized spacial score (nSPS) is 10.7. The Morgan fingerprint density at radius 2 is 2.17 bits per heavy atom. The van der Waals surface area contributed by atoms with E-state index in [9.17, 15) is 18.9 Å². The van der Waals surface area contributed by atoms with Gasteiger partial charge >= 0.3 is 0 Å². The number of nitrogens with zero attached hydrogens (tertiary/aromatic N) is 2. The Labute approximate surface area is 103 Å². The van der Waals surface area contributed by atoms with Crippen molar-refractivity contribution >= 4 is 11.4 Å². The lowest BCUT2D eigenvalue weighted by Crippen LogP contribution is -2.22. The number of hydrogen-bond acceptors (Lipinski definition) is 4. The van der Waals surface area contributed by atoms with E-state index in [2.05, 4.69) is 0 Å². The topological polar surface area (TPSA) is 72.4 Å². The third kappa shape index (κ3) is 3.36. The third-order valence-electron chi connectivity index (χ3n) is 2.56. The fourth-order valence-electron chi connectivity index (χ4n) is 1.59. The van der Waals surface area contributed by atoms with E-state index in [1.165, 1.54) is 12.1 Å². The maximum absolute atomic E-state index is 12.5. The summed E-state index contributed by atoms with van der Waals surface area (Å²) in [5.74, 6) is 0. The highest BCUT2D eigenvalue weighted by Gasteiger charge is 2.20. The van der Waals surface area contributed by atoms with Crippen molar-refractivity contribution in [2.24, 2.45) is 5.73 Å². The van der Waals surface area contributed by atoms with Crippen molar-refractivity contribution in [1.29, 1.82) is 0 Å². The molecule has 0 aliphatic carbocycles. The maximum Gasteiger partial charge on any atom is 0.292 e. The van der Waals surface area contributed by atoms with E-state index in [4.69, 9.17) is 5.73 Å². The SMILES string of the molecule is CN(CCCN)c1ccc(C(F)F)cc1[N+](=O)[O-]. The zero-order chi connectivity index (χ0) is 13.7. The molecule has 0 radical (unpaired) electrons. The van der Waals surface area contributed by atoms with Gasteiger partial charge in [0.1, 0.15) is 5.69 Å². The van der Waals surface area contributed by atoms with E-state index in [0.29, 0.717) is 25.2 Å². The van der Waals surface area contributed by atoms with Crippen LogP contribution in [0, 0.1) is 10.1 Å². The number of hydrogen-bond donors (Lipinski definition) is 1. The van der Waals surface area contributed by atoms with Gasteiger partial charge in [0, 0.05) is 25.2 Å². The molecule has 0 aliphatic rings. The molecule has 0 aliphatic heterocycles. The quantitative estimate of drug-likeness (QED) is 0.628. The summed E-state index contributed by atoms with van der Waals surface area (Å²) in [5.41, 5.74) is 5.01. The summed E-state index contributed by atoms with van der Waals surface area (Å²) in [6.07, 6.45) is -2.04. The average molecular weight is 259 g/mol. The first-order valence-electron chi connectivity index (χ1n) is 5.45. The van der Waals surface area contributed by atoms with Crippen LogP contribution in [0.1, 0.15) is 18.4 Å². The molecule has 7 heteroatoms. The van der Waals surface area contributed by atoms with Crippen LogP contribution in [0.3, 0.4) is 0 Å². The van der Waals surface area contributed by atoms with Crippen LogP contribution in [0.2, 0.25) is 0 Å². The molecule has 5 nitrogen and oxygen atoms in total. The zero-order valence-corrected chi connectivity index (χ0v) is 9.97. The number of halogens is 2. The average Bonchev–Trinajstić information content (AvgIpc) is 2.34. The Hall–Kier alpha value is -1.76. The molecule has 0 unspecified atom stereocenters. The fourth-order valence-corrected chi connectivity index (χ4v) is 1.59. The van der Waals surface area contributed by atoms with Gasteiger partial charge in [-0.2, -0.15) is 0 Å². The molecule has 0 heterocycles. The van der Waals surface area contributed by atoms with Crippen LogP contribution in [-0.4, -0.2) is 25.1 Å². The molecular formula is C11H15F2N3O2. The molecule has 0 saturated carbocycles. The molecule has 1 aromatic rings. The monoisotopic (exact) mass is 259 g/mol. The van der Waals surface area contributed by atoms with Crippen molar-refractivity contribution in [3.05, 3.63) is 33.9 Å². The molecular weight excluding hydrogens is 244 g/mol. The summed E-state index contributed by atoms with van der Waals surface area (Å²) in [6.45, 7) is 0.999. The Kier molecular flexibility index (Phi) is 4.96. The van der Waals surface area contributed by atoms with Crippen molar-refractivity contribution in [3.63, 3.8) is 0 Å². The number of anilines is 1. The first kappa shape index (κ1) is 14.3. The Morgan fingerprint density at radius 1 is 1.50 bits per heavy atom. The van der Waals surface area contributed by atoms with Crippen LogP contribution >= 0.6 is 0 Å². The lowest BCUT2D eigenvalue weighted by Gasteiger charge is -2.19. The molecule has 0 atom stereocenters. The van der Waals surface area contributed by atoms with Gasteiger partial charge in [-0.1, -0.05) is 6.07 Å². The number of nitro groups is 1. The van der Waals surface area contributed by atoms with Crippen LogP contribution in [0.4, 0.5) is 20.2 Å². The van der Waals surface area contributed by atoms with Gasteiger partial charge in [0.15, 0.2) is 0 Å². The molecule has 0 bridgehead atoms. The van der Waals surface area contributed by atoms with E-state index in [-0.39, 0.29) is 11.3 Å². The van der Waals surface area contributed by atoms with E-state index in [0.717, 1.165) is 6.07 Å². The smallest absolute Gasteiger partial charge is 0.292 e. The van der Waals surface area contributed by atoms with Gasteiger partial charge in [0.25, 0.3) is 12.1 Å². The minimum Gasteiger partial charge on any atom is -0.369 e. The van der Waals surface area contributed by atoms with Gasteiger partial charge in [0.2, 0.25) is 0 Å². The molecule has 0 amide bonds. The van der Waals surface area contributed by atoms with Gasteiger partial charge in [-0.3, -0.25) is 10.1 Å². The number of rotatable bonds is 6. The minimum atomic E-state index is -2.72. The molecule has 100 valence electrons. The van der Waals surface area contributed by atoms with Crippen molar-refractivity contribution in [2.45, 2.75) is 12.8 Å². The Morgan fingerprint density at radius 3 is 2.67 bits per heavy atom. The first-order chi connectivity index (χ1) is 8.47. The number of alkyl halides is 2. The first-order valence-corrected chi connectivity index (χ1v) is 5.45. The van der Waals surface area contributed by atoms with Crippen molar-refractivity contribution in [2.75, 3.05) is 25.0 Å². The Bertz CT molecular complexity index is 427. The van der Waals surface area contributed by atoms with Gasteiger partial charge in [-0.05, 0) is 19.0 Å². The summed E-state index contributed by atoms with van der Waals surface area (Å²) in [6, 6.07) is 3.46. The molecule has 0 aromatic heterocycles. The van der Waals surface area contributed by atoms with Crippen LogP contribution in [0.25, 0.3) is 0 Å². The number of nitro benzene ring substituents is 1. The summed E-state index contributed by atoms with van der Waals surface area (Å²) in [5, 5.41) is 10.9. The van der Waals surface area contributed by atoms with Crippen LogP contribution in [-0.2, 0) is 0 Å². The molecule has 1 rings (SSSR count). The largest absolute Gasteiger partial charge is 0.369 e. The van der Waals surface area contributed by atoms with Crippen LogP contribution in [0.5, 0.6) is 0 Å². The zero-order valence-electron chi connectivity index (χ0n) is 9.97. The molecule has 18 heavy (non-hydrogen) atoms. The highest BCUT2D eigenvalue weighted by Crippen LogP contribution is 2.31. The summed E-state index contributed by atoms with van der Waals surface area (Å²) >= 11 is 0. The van der Waals surface area contributed by atoms with E-state index in [1.54, 1.807) is 11.9 Å². The predicted molar refractivity (Wildman–Crippen MR) is 65.0 cm³/mol. The van der Waals surface area contributed by atoms with Gasteiger partial charge in [-0.25, -0.2) is 8.78 Å². The molecule has 0 saturated heterocycles. The molecule has 1 aromatic carbocycles. The lowest BCUT2D eigenvalue weighted by molar-refractivity contribution is -0.384. The summed E-state index contributed by atoms with van der Waals surface area (Å²) in [7, 11) is 1.67. The second-order valence-electron chi connectivity index (χ2n) is 3.87. The lowest BCUT2D eigenvalue weighted by atomic mass is 10.1. The fraction of sp³-hybridized carbons (Fsp3) is 0.455. The number of benzene rings is 1. The van der Waals surface area contributed by atoms with E-state index >= 15 is 0 Å². The van der Waals surface area contributed by atoms with Crippen LogP contribution in [0.15, 0.2) is 18.2 Å². The standard InChI is InChI=1S/C11H15F2N3O2/c1-15(6-2-5-14)9-4-3-8(11(12)13)7-10(9)16(17)18/h3-4,7,11H,2,5-6,14H2,1H3. The van der Waals surface area contributed by atoms with Gasteiger partial charge < -0.3 is 10.6 Å². The minimum absolute atomic E-state index is 0.313. The summed E-state index contributed by atoms with van der Waals surface area (Å²) in [4.78, 5) is 11.9. The van der Waals surface area contributed by atoms with Crippen molar-refractivity contribution < 1.29 is 13.7 Å². The van der Waals surface area contributed by atoms with E-state index < -0.39 is 11.3 Å². The molecule has 0 fully saturated rings. The maximum atomic E-state index is 12.5. The summed E-state index contributed by atoms with van der Waals surface area (Å²) < 4.78 is 25.0. The number of nitrogens with two attached hydrogens (primary N) is 1. The van der Waals surface area contributed by atoms with E-state index in [1.807, 2.05) is 0 Å². The Balaban J connectivity index is 3.07.